The Kier molecular flexibility index (Phi) is 5.05. The van der Waals surface area contributed by atoms with Crippen molar-refractivity contribution in [1.29, 1.82) is 5.26 Å². The summed E-state index contributed by atoms with van der Waals surface area (Å²) in [7, 11) is 4.00. The van der Waals surface area contributed by atoms with E-state index in [4.69, 9.17) is 9.47 Å². The maximum atomic E-state index is 12.6. The molecule has 3 rings (SSSR count). The second kappa shape index (κ2) is 7.41. The number of benzene rings is 1. The van der Waals surface area contributed by atoms with Crippen LogP contribution in [0.1, 0.15) is 23.3 Å². The summed E-state index contributed by atoms with van der Waals surface area (Å²) >= 11 is 0. The minimum Gasteiger partial charge on any atom is -0.486 e. The van der Waals surface area contributed by atoms with Crippen molar-refractivity contribution >= 4 is 16.7 Å². The van der Waals surface area contributed by atoms with Gasteiger partial charge in [-0.05, 0) is 45.6 Å². The molecule has 0 saturated heterocycles. The average Bonchev–Trinajstić information content (AvgIpc) is 3.01. The Bertz CT molecular complexity index is 816. The van der Waals surface area contributed by atoms with Crippen molar-refractivity contribution in [1.82, 2.24) is 9.88 Å². The molecule has 1 aromatic carbocycles. The lowest BCUT2D eigenvalue weighted by Gasteiger charge is -2.17. The van der Waals surface area contributed by atoms with E-state index < -0.39 is 0 Å². The largest absolute Gasteiger partial charge is 0.486 e. The van der Waals surface area contributed by atoms with Gasteiger partial charge in [0.15, 0.2) is 11.5 Å². The molecule has 0 saturated carbocycles. The standard InChI is InChI=1S/C19H21N3O3/c1-22(2)6-4-3-5-13(12-20)19(23)16-9-14-10-17-18(11-15(14)21-16)25-8-7-24-17/h5,9-11,21H,3-4,6-8H2,1-2H3/b13-5+. The Labute approximate surface area is 146 Å². The van der Waals surface area contributed by atoms with Gasteiger partial charge in [-0.1, -0.05) is 6.08 Å². The van der Waals surface area contributed by atoms with Gasteiger partial charge in [0, 0.05) is 17.0 Å². The Morgan fingerprint density at radius 3 is 2.68 bits per heavy atom. The van der Waals surface area contributed by atoms with Crippen LogP contribution in [0.15, 0.2) is 29.8 Å². The maximum absolute atomic E-state index is 12.6. The first-order chi connectivity index (χ1) is 12.1. The molecule has 1 aliphatic heterocycles. The molecule has 0 unspecified atom stereocenters. The van der Waals surface area contributed by atoms with E-state index in [-0.39, 0.29) is 11.4 Å². The number of hydrogen-bond donors (Lipinski definition) is 1. The van der Waals surface area contributed by atoms with Crippen LogP contribution in [0.3, 0.4) is 0 Å². The second-order valence-electron chi connectivity index (χ2n) is 6.27. The van der Waals surface area contributed by atoms with E-state index in [1.54, 1.807) is 12.1 Å². The number of fused-ring (bicyclic) bond motifs is 2. The maximum Gasteiger partial charge on any atom is 0.219 e. The van der Waals surface area contributed by atoms with Crippen LogP contribution in [0, 0.1) is 11.3 Å². The van der Waals surface area contributed by atoms with E-state index >= 15 is 0 Å². The number of Topliss-reactive ketones (excluding diaryl/α,β-unsaturated/α-hetero) is 1. The molecule has 0 amide bonds. The SMILES string of the molecule is CN(C)CCC/C=C(\C#N)C(=O)c1cc2cc3c(cc2[nH]1)OCCO3. The van der Waals surface area contributed by atoms with E-state index in [9.17, 15) is 10.1 Å². The Hall–Kier alpha value is -2.78. The number of nitrogens with zero attached hydrogens (tertiary/aromatic N) is 2. The number of H-pyrrole nitrogens is 1. The van der Waals surface area contributed by atoms with Crippen LogP contribution >= 0.6 is 0 Å². The Morgan fingerprint density at radius 1 is 1.28 bits per heavy atom. The molecule has 1 N–H and O–H groups in total. The van der Waals surface area contributed by atoms with Crippen LogP contribution in [-0.2, 0) is 0 Å². The highest BCUT2D eigenvalue weighted by molar-refractivity contribution is 6.12. The molecule has 0 radical (unpaired) electrons. The molecule has 0 spiro atoms. The highest BCUT2D eigenvalue weighted by Crippen LogP contribution is 2.34. The van der Waals surface area contributed by atoms with Crippen molar-refractivity contribution in [3.8, 4) is 17.6 Å². The fourth-order valence-corrected chi connectivity index (χ4v) is 2.78. The van der Waals surface area contributed by atoms with Crippen LogP contribution in [0.25, 0.3) is 10.9 Å². The summed E-state index contributed by atoms with van der Waals surface area (Å²) in [6, 6.07) is 7.45. The van der Waals surface area contributed by atoms with Gasteiger partial charge in [-0.2, -0.15) is 5.26 Å². The highest BCUT2D eigenvalue weighted by Gasteiger charge is 2.18. The summed E-state index contributed by atoms with van der Waals surface area (Å²) in [5.41, 5.74) is 1.36. The number of aromatic amines is 1. The highest BCUT2D eigenvalue weighted by atomic mass is 16.6. The molecule has 6 nitrogen and oxygen atoms in total. The normalized spacial score (nSPS) is 13.9. The van der Waals surface area contributed by atoms with Gasteiger partial charge < -0.3 is 19.4 Å². The van der Waals surface area contributed by atoms with Gasteiger partial charge in [-0.25, -0.2) is 0 Å². The van der Waals surface area contributed by atoms with Gasteiger partial charge in [-0.15, -0.1) is 0 Å². The fourth-order valence-electron chi connectivity index (χ4n) is 2.78. The lowest BCUT2D eigenvalue weighted by molar-refractivity contribution is 0.103. The summed E-state index contributed by atoms with van der Waals surface area (Å²) in [6.45, 7) is 1.95. The third-order valence-electron chi connectivity index (χ3n) is 4.05. The molecular weight excluding hydrogens is 318 g/mol. The zero-order chi connectivity index (χ0) is 17.8. The molecule has 0 atom stereocenters. The summed E-state index contributed by atoms with van der Waals surface area (Å²) in [4.78, 5) is 17.8. The number of carbonyl (C=O) groups is 1. The van der Waals surface area contributed by atoms with Crippen LogP contribution in [-0.4, -0.2) is 49.5 Å². The molecule has 0 bridgehead atoms. The molecule has 25 heavy (non-hydrogen) atoms. The first-order valence-corrected chi connectivity index (χ1v) is 8.30. The molecule has 0 aliphatic carbocycles. The van der Waals surface area contributed by atoms with Gasteiger partial charge in [-0.3, -0.25) is 4.79 Å². The van der Waals surface area contributed by atoms with E-state index in [1.807, 2.05) is 32.3 Å². The van der Waals surface area contributed by atoms with Crippen LogP contribution in [0.5, 0.6) is 11.5 Å². The number of aromatic nitrogens is 1. The van der Waals surface area contributed by atoms with Crippen molar-refractivity contribution in [3.05, 3.63) is 35.5 Å². The second-order valence-corrected chi connectivity index (χ2v) is 6.27. The molecule has 2 heterocycles. The lowest BCUT2D eigenvalue weighted by atomic mass is 10.1. The third-order valence-corrected chi connectivity index (χ3v) is 4.05. The number of unbranched alkanes of at least 4 members (excludes halogenated alkanes) is 1. The van der Waals surface area contributed by atoms with Crippen molar-refractivity contribution in [3.63, 3.8) is 0 Å². The molecule has 2 aromatic rings. The number of nitrogens with one attached hydrogen (secondary N) is 1. The Morgan fingerprint density at radius 2 is 2.00 bits per heavy atom. The number of allylic oxidation sites excluding steroid dienone is 2. The zero-order valence-electron chi connectivity index (χ0n) is 14.5. The first-order valence-electron chi connectivity index (χ1n) is 8.30. The van der Waals surface area contributed by atoms with Crippen molar-refractivity contribution in [2.24, 2.45) is 0 Å². The molecule has 1 aliphatic rings. The fraction of sp³-hybridized carbons (Fsp3) is 0.368. The zero-order valence-corrected chi connectivity index (χ0v) is 14.5. The minimum atomic E-state index is -0.289. The summed E-state index contributed by atoms with van der Waals surface area (Å²) < 4.78 is 11.1. The number of hydrogen-bond acceptors (Lipinski definition) is 5. The van der Waals surface area contributed by atoms with Gasteiger partial charge in [0.1, 0.15) is 19.3 Å². The smallest absolute Gasteiger partial charge is 0.219 e. The number of rotatable bonds is 6. The van der Waals surface area contributed by atoms with Crippen LogP contribution < -0.4 is 9.47 Å². The Balaban J connectivity index is 1.81. The van der Waals surface area contributed by atoms with Gasteiger partial charge >= 0.3 is 0 Å². The average molecular weight is 339 g/mol. The predicted octanol–water partition coefficient (Wildman–Crippen LogP) is 2.91. The monoisotopic (exact) mass is 339 g/mol. The lowest BCUT2D eigenvalue weighted by Crippen LogP contribution is -2.15. The van der Waals surface area contributed by atoms with Crippen LogP contribution in [0.4, 0.5) is 0 Å². The van der Waals surface area contributed by atoms with Crippen molar-refractivity contribution in [2.75, 3.05) is 33.9 Å². The van der Waals surface area contributed by atoms with Crippen molar-refractivity contribution in [2.45, 2.75) is 12.8 Å². The van der Waals surface area contributed by atoms with Gasteiger partial charge in [0.25, 0.3) is 0 Å². The van der Waals surface area contributed by atoms with Crippen LogP contribution in [0.2, 0.25) is 0 Å². The topological polar surface area (TPSA) is 78.4 Å². The number of nitriles is 1. The quantitative estimate of drug-likeness (QED) is 0.379. The molecular formula is C19H21N3O3. The summed E-state index contributed by atoms with van der Waals surface area (Å²) in [5.74, 6) is 1.05. The number of carbonyl (C=O) groups excluding carboxylic acids is 1. The molecule has 130 valence electrons. The van der Waals surface area contributed by atoms with E-state index in [2.05, 4.69) is 9.88 Å². The summed E-state index contributed by atoms with van der Waals surface area (Å²) in [5, 5.41) is 10.2. The summed E-state index contributed by atoms with van der Waals surface area (Å²) in [6.07, 6.45) is 3.32. The first kappa shape index (κ1) is 17.1. The molecule has 0 fully saturated rings. The van der Waals surface area contributed by atoms with Crippen molar-refractivity contribution < 1.29 is 14.3 Å². The van der Waals surface area contributed by atoms with E-state index in [1.165, 1.54) is 0 Å². The van der Waals surface area contributed by atoms with Gasteiger partial charge in [0.05, 0.1) is 11.3 Å². The predicted molar refractivity (Wildman–Crippen MR) is 95.1 cm³/mol. The number of ketones is 1. The minimum absolute atomic E-state index is 0.169. The van der Waals surface area contributed by atoms with Gasteiger partial charge in [0.2, 0.25) is 5.78 Å². The molecule has 6 heteroatoms. The third kappa shape index (κ3) is 3.83. The molecule has 1 aromatic heterocycles. The van der Waals surface area contributed by atoms with E-state index in [0.717, 1.165) is 23.9 Å². The van der Waals surface area contributed by atoms with E-state index in [0.29, 0.717) is 36.8 Å². The number of ether oxygens (including phenoxy) is 2.